The van der Waals surface area contributed by atoms with E-state index in [0.29, 0.717) is 33.7 Å². The van der Waals surface area contributed by atoms with Crippen LogP contribution in [0.25, 0.3) is 17.0 Å². The minimum Gasteiger partial charge on any atom is -0.326 e. The van der Waals surface area contributed by atoms with Crippen LogP contribution in [0.4, 0.5) is 18.0 Å². The van der Waals surface area contributed by atoms with Crippen LogP contribution in [0.2, 0.25) is 5.02 Å². The second-order valence-electron chi connectivity index (χ2n) is 9.10. The number of fused-ring (bicyclic) bond motifs is 1. The molecule has 1 fully saturated rings. The van der Waals surface area contributed by atoms with E-state index in [1.54, 1.807) is 30.5 Å². The molecule has 190 valence electrons. The maximum atomic E-state index is 13.5. The lowest BCUT2D eigenvalue weighted by atomic mass is 10.0. The van der Waals surface area contributed by atoms with Crippen molar-refractivity contribution in [2.24, 2.45) is 11.7 Å². The number of hydrogen-bond acceptors (Lipinski definition) is 5. The molecule has 0 unspecified atom stereocenters. The third-order valence-corrected chi connectivity index (χ3v) is 6.87. The summed E-state index contributed by atoms with van der Waals surface area (Å²) in [6, 6.07) is 8.59. The summed E-state index contributed by atoms with van der Waals surface area (Å²) in [5, 5.41) is 4.58. The zero-order chi connectivity index (χ0) is 26.2. The summed E-state index contributed by atoms with van der Waals surface area (Å²) in [6.45, 7) is 4.12. The highest BCUT2D eigenvalue weighted by Gasteiger charge is 2.36. The van der Waals surface area contributed by atoms with Crippen LogP contribution in [0.5, 0.6) is 0 Å². The lowest BCUT2D eigenvalue weighted by Gasteiger charge is -2.19. The lowest BCUT2D eigenvalue weighted by molar-refractivity contribution is -0.138. The number of amides is 2. The first-order chi connectivity index (χ1) is 16.9. The van der Waals surface area contributed by atoms with Gasteiger partial charge in [-0.3, -0.25) is 19.2 Å². The Morgan fingerprint density at radius 1 is 1.17 bits per heavy atom. The first kappa shape index (κ1) is 26.2. The molecule has 6 nitrogen and oxygen atoms in total. The van der Waals surface area contributed by atoms with Gasteiger partial charge in [-0.25, -0.2) is 0 Å². The minimum atomic E-state index is -4.54. The Hall–Kier alpha value is -2.82. The number of nitrogens with zero attached hydrogens (tertiary/aromatic N) is 3. The van der Waals surface area contributed by atoms with E-state index in [2.05, 4.69) is 5.10 Å². The van der Waals surface area contributed by atoms with Gasteiger partial charge in [0.1, 0.15) is 0 Å². The van der Waals surface area contributed by atoms with E-state index >= 15 is 0 Å². The van der Waals surface area contributed by atoms with Crippen LogP contribution >= 0.6 is 23.4 Å². The van der Waals surface area contributed by atoms with Crippen LogP contribution in [-0.2, 0) is 17.5 Å². The van der Waals surface area contributed by atoms with Gasteiger partial charge in [-0.1, -0.05) is 37.6 Å². The van der Waals surface area contributed by atoms with E-state index in [4.69, 9.17) is 17.3 Å². The molecule has 0 radical (unpaired) electrons. The molecule has 36 heavy (non-hydrogen) atoms. The number of aromatic nitrogens is 2. The summed E-state index contributed by atoms with van der Waals surface area (Å²) in [7, 11) is 0. The molecule has 0 spiro atoms. The highest BCUT2D eigenvalue weighted by molar-refractivity contribution is 8.18. The average Bonchev–Trinajstić information content (AvgIpc) is 3.29. The van der Waals surface area contributed by atoms with Crippen LogP contribution in [0.3, 0.4) is 0 Å². The molecule has 3 aromatic rings. The molecule has 4 rings (SSSR count). The quantitative estimate of drug-likeness (QED) is 0.365. The second-order valence-corrected chi connectivity index (χ2v) is 10.5. The van der Waals surface area contributed by atoms with Crippen LogP contribution in [-0.4, -0.2) is 38.4 Å². The van der Waals surface area contributed by atoms with Gasteiger partial charge >= 0.3 is 6.18 Å². The Labute approximate surface area is 215 Å². The topological polar surface area (TPSA) is 81.2 Å². The van der Waals surface area contributed by atoms with Crippen LogP contribution < -0.4 is 5.73 Å². The zero-order valence-corrected chi connectivity index (χ0v) is 21.1. The number of halogens is 4. The maximum Gasteiger partial charge on any atom is 0.416 e. The van der Waals surface area contributed by atoms with E-state index in [1.165, 1.54) is 21.7 Å². The van der Waals surface area contributed by atoms with E-state index < -0.39 is 11.7 Å². The molecule has 2 N–H and O–H groups in total. The van der Waals surface area contributed by atoms with Crippen molar-refractivity contribution in [1.29, 1.82) is 0 Å². The van der Waals surface area contributed by atoms with E-state index in [1.807, 2.05) is 13.8 Å². The second kappa shape index (κ2) is 10.3. The number of carbonyl (C=O) groups is 2. The SMILES string of the molecule is CC(C)C[C@@H](N)CN1C(=O)S/C(=C\c2ccc3c(cnn3Cc3ccc(Cl)cc3C(F)(F)F)c2)C1=O. The fourth-order valence-corrected chi connectivity index (χ4v) is 5.18. The summed E-state index contributed by atoms with van der Waals surface area (Å²) in [4.78, 5) is 26.6. The van der Waals surface area contributed by atoms with Crippen LogP contribution in [0, 0.1) is 5.92 Å². The van der Waals surface area contributed by atoms with Gasteiger partial charge in [0, 0.05) is 23.0 Å². The van der Waals surface area contributed by atoms with Gasteiger partial charge in [-0.05, 0) is 65.6 Å². The number of alkyl halides is 3. The number of rotatable bonds is 7. The molecule has 1 aliphatic heterocycles. The molecule has 2 heterocycles. The molecular formula is C25H24ClF3N4O2S. The maximum absolute atomic E-state index is 13.5. The summed E-state index contributed by atoms with van der Waals surface area (Å²) < 4.78 is 41.9. The molecular weight excluding hydrogens is 513 g/mol. The summed E-state index contributed by atoms with van der Waals surface area (Å²) in [5.41, 5.74) is 6.62. The van der Waals surface area contributed by atoms with E-state index in [-0.39, 0.29) is 40.9 Å². The zero-order valence-electron chi connectivity index (χ0n) is 19.6. The first-order valence-corrected chi connectivity index (χ1v) is 12.4. The van der Waals surface area contributed by atoms with Gasteiger partial charge in [0.25, 0.3) is 11.1 Å². The minimum absolute atomic E-state index is 0.00681. The normalized spacial score (nSPS) is 16.7. The Kier molecular flexibility index (Phi) is 7.49. The van der Waals surface area contributed by atoms with Gasteiger partial charge in [0.05, 0.1) is 28.7 Å². The Morgan fingerprint density at radius 3 is 2.61 bits per heavy atom. The van der Waals surface area contributed by atoms with Crippen molar-refractivity contribution < 1.29 is 22.8 Å². The van der Waals surface area contributed by atoms with Gasteiger partial charge in [-0.15, -0.1) is 0 Å². The van der Waals surface area contributed by atoms with Crippen molar-refractivity contribution in [2.75, 3.05) is 6.54 Å². The summed E-state index contributed by atoms with van der Waals surface area (Å²) >= 11 is 6.64. The lowest BCUT2D eigenvalue weighted by Crippen LogP contribution is -2.40. The molecule has 2 aromatic carbocycles. The number of thioether (sulfide) groups is 1. The molecule has 0 aliphatic carbocycles. The standard InChI is InChI=1S/C25H24ClF3N4O2S/c1-14(2)7-19(30)13-32-23(34)22(36-24(32)35)9-15-3-6-21-17(8-15)11-31-33(21)12-16-4-5-18(26)10-20(16)25(27,28)29/h3-6,8-11,14,19H,7,12-13,30H2,1-2H3/b22-9-/t19-/m1/s1. The van der Waals surface area contributed by atoms with Crippen molar-refractivity contribution in [3.05, 3.63) is 69.2 Å². The molecule has 2 amide bonds. The molecule has 1 saturated heterocycles. The number of imide groups is 1. The third-order valence-electron chi connectivity index (χ3n) is 5.73. The van der Waals surface area contributed by atoms with E-state index in [9.17, 15) is 22.8 Å². The average molecular weight is 537 g/mol. The van der Waals surface area contributed by atoms with Crippen molar-refractivity contribution in [1.82, 2.24) is 14.7 Å². The highest BCUT2D eigenvalue weighted by Crippen LogP contribution is 2.35. The molecule has 0 bridgehead atoms. The highest BCUT2D eigenvalue weighted by atomic mass is 35.5. The monoisotopic (exact) mass is 536 g/mol. The molecule has 1 aromatic heterocycles. The Balaban J connectivity index is 1.55. The van der Waals surface area contributed by atoms with Crippen LogP contribution in [0.15, 0.2) is 47.5 Å². The van der Waals surface area contributed by atoms with E-state index in [0.717, 1.165) is 17.8 Å². The summed E-state index contributed by atoms with van der Waals surface area (Å²) in [5.74, 6) is -0.0368. The van der Waals surface area contributed by atoms with Gasteiger partial charge in [0.2, 0.25) is 0 Å². The first-order valence-electron chi connectivity index (χ1n) is 11.2. The number of hydrogen-bond donors (Lipinski definition) is 1. The Bertz CT molecular complexity index is 1350. The fraction of sp³-hybridized carbons (Fsp3) is 0.320. The number of nitrogens with two attached hydrogens (primary N) is 1. The van der Waals surface area contributed by atoms with Crippen LogP contribution in [0.1, 0.15) is 37.0 Å². The number of benzene rings is 2. The number of carbonyl (C=O) groups excluding carboxylic acids is 2. The van der Waals surface area contributed by atoms with Gasteiger partial charge in [0.15, 0.2) is 0 Å². The van der Waals surface area contributed by atoms with Crippen molar-refractivity contribution in [2.45, 2.75) is 39.0 Å². The fourth-order valence-electron chi connectivity index (χ4n) is 4.16. The van der Waals surface area contributed by atoms with Gasteiger partial charge < -0.3 is 5.73 Å². The van der Waals surface area contributed by atoms with Crippen molar-refractivity contribution in [3.8, 4) is 0 Å². The largest absolute Gasteiger partial charge is 0.416 e. The molecule has 1 aliphatic rings. The summed E-state index contributed by atoms with van der Waals surface area (Å²) in [6.07, 6.45) is -0.677. The molecule has 1 atom stereocenters. The smallest absolute Gasteiger partial charge is 0.326 e. The van der Waals surface area contributed by atoms with Crippen molar-refractivity contribution in [3.63, 3.8) is 0 Å². The van der Waals surface area contributed by atoms with Gasteiger partial charge in [-0.2, -0.15) is 18.3 Å². The molecule has 0 saturated carbocycles. The third kappa shape index (κ3) is 5.77. The predicted molar refractivity (Wildman–Crippen MR) is 135 cm³/mol. The Morgan fingerprint density at radius 2 is 1.92 bits per heavy atom. The predicted octanol–water partition coefficient (Wildman–Crippen LogP) is 6.17. The molecule has 11 heteroatoms. The van der Waals surface area contributed by atoms with Crippen molar-refractivity contribution >= 4 is 51.5 Å².